The van der Waals surface area contributed by atoms with E-state index < -0.39 is 0 Å². The lowest BCUT2D eigenvalue weighted by Gasteiger charge is -2.09. The molecule has 0 saturated carbocycles. The van der Waals surface area contributed by atoms with Crippen molar-refractivity contribution < 1.29 is 0 Å². The molecule has 2 aromatic heterocycles. The summed E-state index contributed by atoms with van der Waals surface area (Å²) in [6.07, 6.45) is 3.86. The zero-order valence-corrected chi connectivity index (χ0v) is 12.3. The van der Waals surface area contributed by atoms with E-state index in [1.54, 1.807) is 4.68 Å². The van der Waals surface area contributed by atoms with Crippen LogP contribution in [-0.2, 0) is 20.0 Å². The Balaban J connectivity index is 2.08. The first kappa shape index (κ1) is 14.3. The topological polar surface area (TPSA) is 67.7 Å². The van der Waals surface area contributed by atoms with Crippen LogP contribution in [0.4, 0.5) is 11.6 Å². The molecule has 0 aromatic carbocycles. The van der Waals surface area contributed by atoms with Crippen molar-refractivity contribution in [2.75, 3.05) is 17.2 Å². The molecule has 0 saturated heterocycles. The molecule has 2 heterocycles. The van der Waals surface area contributed by atoms with Crippen LogP contribution in [0.2, 0.25) is 0 Å². The summed E-state index contributed by atoms with van der Waals surface area (Å²) < 4.78 is 1.80. The predicted molar refractivity (Wildman–Crippen MR) is 80.7 cm³/mol. The van der Waals surface area contributed by atoms with E-state index in [4.69, 9.17) is 0 Å². The zero-order valence-electron chi connectivity index (χ0n) is 12.3. The Kier molecular flexibility index (Phi) is 4.92. The SMILES string of the molecule is CCCc1nc(NCC)cc(NCc2ccn(C)n2)n1. The Morgan fingerprint density at radius 3 is 2.50 bits per heavy atom. The van der Waals surface area contributed by atoms with Crippen LogP contribution in [0.15, 0.2) is 18.3 Å². The maximum absolute atomic E-state index is 4.53. The summed E-state index contributed by atoms with van der Waals surface area (Å²) in [6.45, 7) is 5.70. The smallest absolute Gasteiger partial charge is 0.133 e. The minimum Gasteiger partial charge on any atom is -0.370 e. The first-order valence-electron chi connectivity index (χ1n) is 7.05. The second kappa shape index (κ2) is 6.88. The van der Waals surface area contributed by atoms with Crippen molar-refractivity contribution in [1.82, 2.24) is 19.7 Å². The molecule has 0 amide bonds. The molecule has 0 radical (unpaired) electrons. The van der Waals surface area contributed by atoms with E-state index in [0.29, 0.717) is 6.54 Å². The summed E-state index contributed by atoms with van der Waals surface area (Å²) in [5, 5.41) is 10.9. The van der Waals surface area contributed by atoms with E-state index in [2.05, 4.69) is 39.5 Å². The van der Waals surface area contributed by atoms with Crippen molar-refractivity contribution in [3.05, 3.63) is 29.8 Å². The number of hydrogen-bond donors (Lipinski definition) is 2. The average molecular weight is 274 g/mol. The van der Waals surface area contributed by atoms with Gasteiger partial charge in [0.05, 0.1) is 12.2 Å². The summed E-state index contributed by atoms with van der Waals surface area (Å²) >= 11 is 0. The van der Waals surface area contributed by atoms with Gasteiger partial charge in [0, 0.05) is 32.3 Å². The standard InChI is InChI=1S/C14H22N6/c1-4-6-12-17-13(15-5-2)9-14(18-12)16-10-11-7-8-20(3)19-11/h7-9H,4-6,10H2,1-3H3,(H2,15,16,17,18). The van der Waals surface area contributed by atoms with Gasteiger partial charge in [-0.05, 0) is 19.4 Å². The van der Waals surface area contributed by atoms with E-state index in [9.17, 15) is 0 Å². The minimum atomic E-state index is 0.662. The highest BCUT2D eigenvalue weighted by Crippen LogP contribution is 2.13. The molecule has 0 bridgehead atoms. The largest absolute Gasteiger partial charge is 0.370 e. The van der Waals surface area contributed by atoms with Gasteiger partial charge in [0.1, 0.15) is 17.5 Å². The lowest BCUT2D eigenvalue weighted by atomic mass is 10.3. The van der Waals surface area contributed by atoms with Gasteiger partial charge in [-0.25, -0.2) is 9.97 Å². The fourth-order valence-corrected chi connectivity index (χ4v) is 1.93. The molecule has 6 nitrogen and oxygen atoms in total. The maximum Gasteiger partial charge on any atom is 0.133 e. The predicted octanol–water partition coefficient (Wildman–Crippen LogP) is 2.21. The number of anilines is 2. The van der Waals surface area contributed by atoms with Gasteiger partial charge in [0.15, 0.2) is 0 Å². The van der Waals surface area contributed by atoms with Crippen molar-refractivity contribution in [3.63, 3.8) is 0 Å². The van der Waals surface area contributed by atoms with Gasteiger partial charge in [0.2, 0.25) is 0 Å². The molecule has 2 rings (SSSR count). The number of nitrogens with zero attached hydrogens (tertiary/aromatic N) is 4. The molecule has 0 aliphatic rings. The molecule has 0 fully saturated rings. The Morgan fingerprint density at radius 1 is 1.15 bits per heavy atom. The number of nitrogens with one attached hydrogen (secondary N) is 2. The Labute approximate surface area is 119 Å². The number of rotatable bonds is 7. The fraction of sp³-hybridized carbons (Fsp3) is 0.500. The molecule has 0 unspecified atom stereocenters. The molecular weight excluding hydrogens is 252 g/mol. The van der Waals surface area contributed by atoms with E-state index in [-0.39, 0.29) is 0 Å². The van der Waals surface area contributed by atoms with E-state index in [0.717, 1.165) is 42.5 Å². The zero-order chi connectivity index (χ0) is 14.4. The third-order valence-corrected chi connectivity index (χ3v) is 2.82. The average Bonchev–Trinajstić information content (AvgIpc) is 2.83. The highest BCUT2D eigenvalue weighted by molar-refractivity contribution is 5.47. The molecule has 20 heavy (non-hydrogen) atoms. The fourth-order valence-electron chi connectivity index (χ4n) is 1.93. The number of hydrogen-bond acceptors (Lipinski definition) is 5. The molecule has 0 aliphatic heterocycles. The minimum absolute atomic E-state index is 0.662. The highest BCUT2D eigenvalue weighted by Gasteiger charge is 2.04. The van der Waals surface area contributed by atoms with Crippen molar-refractivity contribution in [2.24, 2.45) is 7.05 Å². The summed E-state index contributed by atoms with van der Waals surface area (Å²) in [5.41, 5.74) is 0.994. The molecule has 0 atom stereocenters. The summed E-state index contributed by atoms with van der Waals surface area (Å²) in [5.74, 6) is 2.58. The molecular formula is C14H22N6. The van der Waals surface area contributed by atoms with Gasteiger partial charge in [0.25, 0.3) is 0 Å². The van der Waals surface area contributed by atoms with Crippen LogP contribution in [0.1, 0.15) is 31.8 Å². The normalized spacial score (nSPS) is 10.6. The van der Waals surface area contributed by atoms with Crippen molar-refractivity contribution >= 4 is 11.6 Å². The summed E-state index contributed by atoms with van der Waals surface area (Å²) in [7, 11) is 1.91. The maximum atomic E-state index is 4.53. The van der Waals surface area contributed by atoms with Crippen LogP contribution in [0.3, 0.4) is 0 Å². The molecule has 2 N–H and O–H groups in total. The Bertz CT molecular complexity index is 524. The molecule has 0 spiro atoms. The van der Waals surface area contributed by atoms with Gasteiger partial charge < -0.3 is 10.6 Å². The molecule has 108 valence electrons. The first-order chi connectivity index (χ1) is 9.71. The van der Waals surface area contributed by atoms with E-state index >= 15 is 0 Å². The third-order valence-electron chi connectivity index (χ3n) is 2.82. The van der Waals surface area contributed by atoms with Gasteiger partial charge in [-0.1, -0.05) is 6.92 Å². The highest BCUT2D eigenvalue weighted by atomic mass is 15.3. The van der Waals surface area contributed by atoms with Gasteiger partial charge in [-0.2, -0.15) is 5.10 Å². The van der Waals surface area contributed by atoms with Crippen molar-refractivity contribution in [2.45, 2.75) is 33.2 Å². The first-order valence-corrected chi connectivity index (χ1v) is 7.05. The van der Waals surface area contributed by atoms with Crippen LogP contribution in [0.25, 0.3) is 0 Å². The van der Waals surface area contributed by atoms with Crippen LogP contribution >= 0.6 is 0 Å². The van der Waals surface area contributed by atoms with Crippen LogP contribution in [-0.4, -0.2) is 26.3 Å². The molecule has 0 aliphatic carbocycles. The van der Waals surface area contributed by atoms with Gasteiger partial charge in [-0.15, -0.1) is 0 Å². The lowest BCUT2D eigenvalue weighted by Crippen LogP contribution is -2.08. The summed E-state index contributed by atoms with van der Waals surface area (Å²) in [6, 6.07) is 3.93. The van der Waals surface area contributed by atoms with Crippen molar-refractivity contribution in [1.29, 1.82) is 0 Å². The van der Waals surface area contributed by atoms with E-state index in [1.165, 1.54) is 0 Å². The van der Waals surface area contributed by atoms with E-state index in [1.807, 2.05) is 25.4 Å². The second-order valence-corrected chi connectivity index (χ2v) is 4.67. The molecule has 6 heteroatoms. The van der Waals surface area contributed by atoms with Gasteiger partial charge >= 0.3 is 0 Å². The number of aryl methyl sites for hydroxylation is 2. The van der Waals surface area contributed by atoms with Crippen molar-refractivity contribution in [3.8, 4) is 0 Å². The van der Waals surface area contributed by atoms with Crippen LogP contribution < -0.4 is 10.6 Å². The lowest BCUT2D eigenvalue weighted by molar-refractivity contribution is 0.746. The quantitative estimate of drug-likeness (QED) is 0.810. The summed E-state index contributed by atoms with van der Waals surface area (Å²) in [4.78, 5) is 9.02. The van der Waals surface area contributed by atoms with Gasteiger partial charge in [-0.3, -0.25) is 4.68 Å². The number of aromatic nitrogens is 4. The van der Waals surface area contributed by atoms with Crippen LogP contribution in [0, 0.1) is 0 Å². The monoisotopic (exact) mass is 274 g/mol. The van der Waals surface area contributed by atoms with Crippen LogP contribution in [0.5, 0.6) is 0 Å². The molecule has 2 aromatic rings. The second-order valence-electron chi connectivity index (χ2n) is 4.67. The Morgan fingerprint density at radius 2 is 1.90 bits per heavy atom. The Hall–Kier alpha value is -2.11. The third kappa shape index (κ3) is 3.94.